The predicted octanol–water partition coefficient (Wildman–Crippen LogP) is 6.57. The number of amides is 1. The monoisotopic (exact) mass is 570 g/mol. The smallest absolute Gasteiger partial charge is 0.410 e. The van der Waals surface area contributed by atoms with Gasteiger partial charge in [0.1, 0.15) is 5.60 Å². The molecule has 1 amide bonds. The second kappa shape index (κ2) is 12.3. The molecule has 3 rings (SSSR count). The minimum Gasteiger partial charge on any atom is -0.619 e. The molecule has 3 atom stereocenters. The van der Waals surface area contributed by atoms with Crippen molar-refractivity contribution in [2.75, 3.05) is 6.61 Å². The maximum Gasteiger partial charge on any atom is 0.410 e. The SMILES string of the molecule is CCOC(=O)c1ccc(C[C@@H]2CC[C@H]([C@H](O[Si](C)(C)C(C)(C)C)c3ccc[n+]([O-])c3)N2C(=O)OC(C)(C)C)cc1. The highest BCUT2D eigenvalue weighted by molar-refractivity contribution is 6.74. The number of ether oxygens (including phenoxy) is 2. The normalized spacial score (nSPS) is 18.9. The Kier molecular flexibility index (Phi) is 9.72. The third-order valence-corrected chi connectivity index (χ3v) is 12.2. The molecule has 8 nitrogen and oxygen atoms in total. The first-order valence-corrected chi connectivity index (χ1v) is 17.1. The van der Waals surface area contributed by atoms with Gasteiger partial charge in [0.25, 0.3) is 0 Å². The Morgan fingerprint density at radius 1 is 1.07 bits per heavy atom. The van der Waals surface area contributed by atoms with E-state index in [1.165, 1.54) is 6.20 Å². The van der Waals surface area contributed by atoms with Gasteiger partial charge in [-0.3, -0.25) is 4.90 Å². The standard InChI is InChI=1S/C31H46N2O6Si/c1-10-37-28(34)23-15-13-22(14-16-23)20-25-17-18-26(33(25)29(35)38-30(2,3)4)27(24-12-11-19-32(36)21-24)39-40(8,9)31(5,6)7/h11-16,19,21,25-27H,10,17-18,20H2,1-9H3/t25-,26+,27+/m0/s1. The number of carbonyl (C=O) groups excluding carboxylic acids is 2. The highest BCUT2D eigenvalue weighted by Gasteiger charge is 2.48. The molecule has 220 valence electrons. The van der Waals surface area contributed by atoms with Crippen LogP contribution in [0.1, 0.15) is 88.9 Å². The fraction of sp³-hybridized carbons (Fsp3) is 0.581. The molecule has 1 aliphatic heterocycles. The van der Waals surface area contributed by atoms with E-state index in [1.807, 2.05) is 43.9 Å². The molecule has 0 aliphatic carbocycles. The van der Waals surface area contributed by atoms with E-state index < -0.39 is 26.1 Å². The van der Waals surface area contributed by atoms with Crippen molar-refractivity contribution in [2.45, 2.75) is 110 Å². The Morgan fingerprint density at radius 2 is 1.73 bits per heavy atom. The summed E-state index contributed by atoms with van der Waals surface area (Å²) >= 11 is 0. The lowest BCUT2D eigenvalue weighted by molar-refractivity contribution is -0.606. The Balaban J connectivity index is 1.99. The summed E-state index contributed by atoms with van der Waals surface area (Å²) in [4.78, 5) is 27.7. The zero-order valence-electron chi connectivity index (χ0n) is 25.5. The second-order valence-corrected chi connectivity index (χ2v) is 17.9. The van der Waals surface area contributed by atoms with Crippen LogP contribution >= 0.6 is 0 Å². The molecule has 0 saturated carbocycles. The van der Waals surface area contributed by atoms with E-state index in [0.717, 1.165) is 22.3 Å². The molecule has 0 spiro atoms. The quantitative estimate of drug-likeness (QED) is 0.154. The Hall–Kier alpha value is -2.91. The summed E-state index contributed by atoms with van der Waals surface area (Å²) in [5.41, 5.74) is 1.58. The van der Waals surface area contributed by atoms with Gasteiger partial charge in [-0.1, -0.05) is 32.9 Å². The number of benzene rings is 1. The number of likely N-dealkylation sites (tertiary alicyclic amines) is 1. The summed E-state index contributed by atoms with van der Waals surface area (Å²) in [5.74, 6) is -0.352. The highest BCUT2D eigenvalue weighted by Crippen LogP contribution is 2.44. The number of hydrogen-bond donors (Lipinski definition) is 0. The Morgan fingerprint density at radius 3 is 2.27 bits per heavy atom. The lowest BCUT2D eigenvalue weighted by Gasteiger charge is -2.43. The highest BCUT2D eigenvalue weighted by atomic mass is 28.4. The molecule has 0 bridgehead atoms. The molecule has 1 aliphatic rings. The number of carbonyl (C=O) groups is 2. The van der Waals surface area contributed by atoms with E-state index in [2.05, 4.69) is 33.9 Å². The summed E-state index contributed by atoms with van der Waals surface area (Å²) in [7, 11) is -2.30. The van der Waals surface area contributed by atoms with Crippen molar-refractivity contribution in [3.63, 3.8) is 0 Å². The van der Waals surface area contributed by atoms with Crippen molar-refractivity contribution in [3.05, 3.63) is 70.7 Å². The molecule has 0 radical (unpaired) electrons. The lowest BCUT2D eigenvalue weighted by Crippen LogP contribution is -2.51. The minimum atomic E-state index is -2.30. The molecular weight excluding hydrogens is 524 g/mol. The molecule has 1 aromatic heterocycles. The van der Waals surface area contributed by atoms with Crippen LogP contribution in [0.4, 0.5) is 4.79 Å². The fourth-order valence-corrected chi connectivity index (χ4v) is 6.06. The average Bonchev–Trinajstić information content (AvgIpc) is 3.24. The average molecular weight is 571 g/mol. The number of hydrogen-bond acceptors (Lipinski definition) is 6. The third kappa shape index (κ3) is 7.85. The molecular formula is C31H46N2O6Si. The van der Waals surface area contributed by atoms with E-state index in [0.29, 0.717) is 25.0 Å². The van der Waals surface area contributed by atoms with Crippen LogP contribution < -0.4 is 4.73 Å². The molecule has 0 unspecified atom stereocenters. The summed E-state index contributed by atoms with van der Waals surface area (Å²) in [6, 6.07) is 10.5. The first-order valence-electron chi connectivity index (χ1n) is 14.2. The van der Waals surface area contributed by atoms with Gasteiger partial charge in [-0.2, -0.15) is 4.73 Å². The Bertz CT molecular complexity index is 1170. The molecule has 1 aromatic carbocycles. The van der Waals surface area contributed by atoms with Crippen molar-refractivity contribution < 1.29 is 28.2 Å². The van der Waals surface area contributed by atoms with E-state index in [-0.39, 0.29) is 23.1 Å². The first-order chi connectivity index (χ1) is 18.5. The van der Waals surface area contributed by atoms with Crippen LogP contribution in [0.3, 0.4) is 0 Å². The number of aromatic nitrogens is 1. The first kappa shape index (κ1) is 31.6. The maximum atomic E-state index is 13.8. The molecule has 0 N–H and O–H groups in total. The van der Waals surface area contributed by atoms with Crippen LogP contribution in [0.2, 0.25) is 18.1 Å². The summed E-state index contributed by atoms with van der Waals surface area (Å²) < 4.78 is 18.8. The third-order valence-electron chi connectivity index (χ3n) is 7.79. The maximum absolute atomic E-state index is 13.8. The zero-order valence-corrected chi connectivity index (χ0v) is 26.5. The summed E-state index contributed by atoms with van der Waals surface area (Å²) in [6.45, 7) is 18.6. The van der Waals surface area contributed by atoms with Crippen LogP contribution in [-0.4, -0.2) is 49.6 Å². The van der Waals surface area contributed by atoms with Crippen molar-refractivity contribution in [3.8, 4) is 0 Å². The van der Waals surface area contributed by atoms with E-state index in [4.69, 9.17) is 13.9 Å². The van der Waals surface area contributed by atoms with Gasteiger partial charge in [0.05, 0.1) is 24.3 Å². The van der Waals surface area contributed by atoms with Crippen LogP contribution in [0, 0.1) is 5.21 Å². The van der Waals surface area contributed by atoms with Gasteiger partial charge < -0.3 is 19.1 Å². The largest absolute Gasteiger partial charge is 0.619 e. The number of nitrogens with zero attached hydrogens (tertiary/aromatic N) is 2. The van der Waals surface area contributed by atoms with Gasteiger partial charge in [-0.15, -0.1) is 0 Å². The lowest BCUT2D eigenvalue weighted by atomic mass is 10.0. The summed E-state index contributed by atoms with van der Waals surface area (Å²) in [6.07, 6.45) is 4.19. The Labute approximate surface area is 240 Å². The number of rotatable bonds is 8. The van der Waals surface area contributed by atoms with Gasteiger partial charge >= 0.3 is 12.1 Å². The minimum absolute atomic E-state index is 0.0666. The molecule has 40 heavy (non-hydrogen) atoms. The van der Waals surface area contributed by atoms with E-state index in [1.54, 1.807) is 31.3 Å². The van der Waals surface area contributed by atoms with Gasteiger partial charge in [0.2, 0.25) is 0 Å². The van der Waals surface area contributed by atoms with E-state index >= 15 is 0 Å². The van der Waals surface area contributed by atoms with Crippen molar-refractivity contribution in [2.24, 2.45) is 0 Å². The zero-order chi connectivity index (χ0) is 29.9. The molecule has 2 aromatic rings. The molecule has 2 heterocycles. The van der Waals surface area contributed by atoms with Crippen molar-refractivity contribution in [1.29, 1.82) is 0 Å². The summed E-state index contributed by atoms with van der Waals surface area (Å²) in [5, 5.41) is 12.3. The van der Waals surface area contributed by atoms with Crippen LogP contribution in [0.15, 0.2) is 48.8 Å². The number of pyridine rings is 1. The molecule has 1 saturated heterocycles. The van der Waals surface area contributed by atoms with Crippen molar-refractivity contribution >= 4 is 20.4 Å². The van der Waals surface area contributed by atoms with Crippen molar-refractivity contribution in [1.82, 2.24) is 4.90 Å². The van der Waals surface area contributed by atoms with Crippen LogP contribution in [-0.2, 0) is 20.3 Å². The van der Waals surface area contributed by atoms with Gasteiger partial charge in [0, 0.05) is 17.7 Å². The van der Waals surface area contributed by atoms with Gasteiger partial charge in [0.15, 0.2) is 20.7 Å². The predicted molar refractivity (Wildman–Crippen MR) is 157 cm³/mol. The molecule has 1 fully saturated rings. The van der Waals surface area contributed by atoms with Gasteiger partial charge in [-0.25, -0.2) is 9.59 Å². The van der Waals surface area contributed by atoms with E-state index in [9.17, 15) is 14.8 Å². The van der Waals surface area contributed by atoms with Crippen LogP contribution in [0.5, 0.6) is 0 Å². The second-order valence-electron chi connectivity index (χ2n) is 13.1. The fourth-order valence-electron chi connectivity index (χ4n) is 4.78. The molecule has 9 heteroatoms. The number of esters is 1. The van der Waals surface area contributed by atoms with Crippen LogP contribution in [0.25, 0.3) is 0 Å². The topological polar surface area (TPSA) is 92.0 Å². The van der Waals surface area contributed by atoms with Gasteiger partial charge in [-0.05, 0) is 88.9 Å².